The third kappa shape index (κ3) is 5.50. The molecule has 6 heteroatoms. The molecule has 6 nitrogen and oxygen atoms in total. The van der Waals surface area contributed by atoms with E-state index in [2.05, 4.69) is 0 Å². The topological polar surface area (TPSA) is 81.1 Å². The summed E-state index contributed by atoms with van der Waals surface area (Å²) in [5.74, 6) is -0.760. The van der Waals surface area contributed by atoms with Crippen LogP contribution in [-0.2, 0) is 9.59 Å². The molecule has 0 aromatic heterocycles. The van der Waals surface area contributed by atoms with Crippen LogP contribution >= 0.6 is 0 Å². The molecule has 0 bridgehead atoms. The Kier molecular flexibility index (Phi) is 5.82. The fourth-order valence-corrected chi connectivity index (χ4v) is 0.876. The zero-order chi connectivity index (χ0) is 11.1. The Morgan fingerprint density at radius 2 is 1.21 bits per heavy atom. The highest BCUT2D eigenvalue weighted by Crippen LogP contribution is 2.02. The number of rotatable bonds is 5. The number of carbonyl (C=O) groups is 2. The molecular formula is C8H16N2O4. The maximum atomic E-state index is 10.9. The quantitative estimate of drug-likeness (QED) is 0.382. The van der Waals surface area contributed by atoms with Gasteiger partial charge in [0.1, 0.15) is 0 Å². The summed E-state index contributed by atoms with van der Waals surface area (Å²) in [6.07, 6.45) is 1.44. The Morgan fingerprint density at radius 1 is 0.929 bits per heavy atom. The lowest BCUT2D eigenvalue weighted by atomic mass is 10.2. The standard InChI is InChI=1S/C8H16N2O4/c1-9(13)7(11)5-3-4-6-8(12)10(2)14/h13-14H,3-6H2,1-2H3. The molecule has 0 radical (unpaired) electrons. The van der Waals surface area contributed by atoms with Crippen molar-refractivity contribution in [2.75, 3.05) is 14.1 Å². The third-order valence-corrected chi connectivity index (χ3v) is 1.75. The third-order valence-electron chi connectivity index (χ3n) is 1.75. The second-order valence-electron chi connectivity index (χ2n) is 3.04. The fraction of sp³-hybridized carbons (Fsp3) is 0.750. The predicted octanol–water partition coefficient (Wildman–Crippen LogP) is 0.242. The van der Waals surface area contributed by atoms with E-state index in [1.54, 1.807) is 0 Å². The van der Waals surface area contributed by atoms with Gasteiger partial charge in [0.15, 0.2) is 0 Å². The molecule has 0 aliphatic carbocycles. The first kappa shape index (κ1) is 12.9. The van der Waals surface area contributed by atoms with Crippen LogP contribution in [0.15, 0.2) is 0 Å². The van der Waals surface area contributed by atoms with Crippen molar-refractivity contribution in [2.45, 2.75) is 25.7 Å². The fourth-order valence-electron chi connectivity index (χ4n) is 0.876. The van der Waals surface area contributed by atoms with E-state index in [1.165, 1.54) is 14.1 Å². The zero-order valence-electron chi connectivity index (χ0n) is 8.43. The summed E-state index contributed by atoms with van der Waals surface area (Å²) in [6, 6.07) is 0. The average Bonchev–Trinajstić information content (AvgIpc) is 2.11. The van der Waals surface area contributed by atoms with E-state index in [0.29, 0.717) is 23.0 Å². The summed E-state index contributed by atoms with van der Waals surface area (Å²) in [6.45, 7) is 0. The number of amides is 2. The van der Waals surface area contributed by atoms with E-state index < -0.39 is 0 Å². The lowest BCUT2D eigenvalue weighted by Crippen LogP contribution is -2.23. The molecule has 0 rings (SSSR count). The smallest absolute Gasteiger partial charge is 0.245 e. The van der Waals surface area contributed by atoms with E-state index in [4.69, 9.17) is 10.4 Å². The molecule has 0 unspecified atom stereocenters. The molecule has 2 amide bonds. The van der Waals surface area contributed by atoms with E-state index >= 15 is 0 Å². The van der Waals surface area contributed by atoms with E-state index in [-0.39, 0.29) is 24.7 Å². The van der Waals surface area contributed by atoms with Crippen molar-refractivity contribution in [3.8, 4) is 0 Å². The zero-order valence-corrected chi connectivity index (χ0v) is 8.43. The van der Waals surface area contributed by atoms with Gasteiger partial charge in [-0.15, -0.1) is 0 Å². The second-order valence-corrected chi connectivity index (χ2v) is 3.04. The Labute approximate surface area is 82.6 Å². The molecular weight excluding hydrogens is 188 g/mol. The number of nitrogens with zero attached hydrogens (tertiary/aromatic N) is 2. The lowest BCUT2D eigenvalue weighted by Gasteiger charge is -2.09. The molecule has 0 aliphatic heterocycles. The van der Waals surface area contributed by atoms with Gasteiger partial charge in [-0.25, -0.2) is 10.1 Å². The van der Waals surface area contributed by atoms with Crippen LogP contribution in [0.2, 0.25) is 0 Å². The van der Waals surface area contributed by atoms with Crippen LogP contribution in [0.5, 0.6) is 0 Å². The van der Waals surface area contributed by atoms with Crippen LogP contribution in [0.4, 0.5) is 0 Å². The predicted molar refractivity (Wildman–Crippen MR) is 47.6 cm³/mol. The minimum Gasteiger partial charge on any atom is -0.286 e. The van der Waals surface area contributed by atoms with Gasteiger partial charge in [-0.2, -0.15) is 0 Å². The van der Waals surface area contributed by atoms with Crippen LogP contribution in [0.3, 0.4) is 0 Å². The monoisotopic (exact) mass is 204 g/mol. The van der Waals surface area contributed by atoms with Gasteiger partial charge in [0.25, 0.3) is 0 Å². The molecule has 0 saturated carbocycles. The maximum Gasteiger partial charge on any atom is 0.245 e. The molecule has 0 aliphatic rings. The van der Waals surface area contributed by atoms with Gasteiger partial charge in [0.2, 0.25) is 11.8 Å². The van der Waals surface area contributed by atoms with E-state index in [0.717, 1.165) is 0 Å². The molecule has 0 heterocycles. The summed E-state index contributed by atoms with van der Waals surface area (Å²) in [7, 11) is 2.52. The van der Waals surface area contributed by atoms with Gasteiger partial charge in [-0.3, -0.25) is 20.0 Å². The van der Waals surface area contributed by atoms with Gasteiger partial charge in [0.05, 0.1) is 0 Å². The largest absolute Gasteiger partial charge is 0.286 e. The number of hydroxylamine groups is 4. The van der Waals surface area contributed by atoms with Crippen LogP contribution in [-0.4, -0.2) is 46.5 Å². The molecule has 2 N–H and O–H groups in total. The van der Waals surface area contributed by atoms with Crippen LogP contribution < -0.4 is 0 Å². The molecule has 0 fully saturated rings. The maximum absolute atomic E-state index is 10.9. The lowest BCUT2D eigenvalue weighted by molar-refractivity contribution is -0.161. The SMILES string of the molecule is CN(O)C(=O)CCCCC(=O)N(C)O. The molecule has 14 heavy (non-hydrogen) atoms. The number of unbranched alkanes of at least 4 members (excludes halogenated alkanes) is 1. The minimum absolute atomic E-state index is 0.204. The van der Waals surface area contributed by atoms with Crippen molar-refractivity contribution in [3.05, 3.63) is 0 Å². The number of carbonyl (C=O) groups excluding carboxylic acids is 2. The molecule has 0 atom stereocenters. The molecule has 0 spiro atoms. The minimum atomic E-state index is -0.380. The molecule has 0 aromatic carbocycles. The molecule has 0 aromatic rings. The van der Waals surface area contributed by atoms with Crippen molar-refractivity contribution >= 4 is 11.8 Å². The summed E-state index contributed by atoms with van der Waals surface area (Å²) >= 11 is 0. The van der Waals surface area contributed by atoms with Crippen LogP contribution in [0.1, 0.15) is 25.7 Å². The molecule has 0 saturated heterocycles. The second kappa shape index (κ2) is 6.33. The van der Waals surface area contributed by atoms with Crippen molar-refractivity contribution in [2.24, 2.45) is 0 Å². The van der Waals surface area contributed by atoms with Gasteiger partial charge in [-0.05, 0) is 12.8 Å². The summed E-state index contributed by atoms with van der Waals surface area (Å²) in [5, 5.41) is 18.4. The van der Waals surface area contributed by atoms with Crippen molar-refractivity contribution in [1.29, 1.82) is 0 Å². The van der Waals surface area contributed by atoms with Crippen molar-refractivity contribution in [1.82, 2.24) is 10.1 Å². The first-order valence-electron chi connectivity index (χ1n) is 4.36. The Bertz CT molecular complexity index is 182. The average molecular weight is 204 g/mol. The van der Waals surface area contributed by atoms with E-state index in [9.17, 15) is 9.59 Å². The molecule has 82 valence electrons. The van der Waals surface area contributed by atoms with Gasteiger partial charge in [-0.1, -0.05) is 0 Å². The summed E-state index contributed by atoms with van der Waals surface area (Å²) in [5.41, 5.74) is 0. The van der Waals surface area contributed by atoms with Crippen molar-refractivity contribution < 1.29 is 20.0 Å². The van der Waals surface area contributed by atoms with Crippen molar-refractivity contribution in [3.63, 3.8) is 0 Å². The van der Waals surface area contributed by atoms with Gasteiger partial charge in [0, 0.05) is 26.9 Å². The highest BCUT2D eigenvalue weighted by molar-refractivity contribution is 5.75. The van der Waals surface area contributed by atoms with Crippen LogP contribution in [0, 0.1) is 0 Å². The normalized spacial score (nSPS) is 9.71. The Hall–Kier alpha value is -1.14. The number of hydrogen-bond donors (Lipinski definition) is 2. The van der Waals surface area contributed by atoms with Gasteiger partial charge < -0.3 is 0 Å². The summed E-state index contributed by atoms with van der Waals surface area (Å²) < 4.78 is 0. The van der Waals surface area contributed by atoms with E-state index in [1.807, 2.05) is 0 Å². The highest BCUT2D eigenvalue weighted by atomic mass is 16.5. The Balaban J connectivity index is 3.48. The summed E-state index contributed by atoms with van der Waals surface area (Å²) in [4.78, 5) is 21.7. The number of hydrogen-bond acceptors (Lipinski definition) is 4. The Morgan fingerprint density at radius 3 is 1.43 bits per heavy atom. The first-order chi connectivity index (χ1) is 6.45. The first-order valence-corrected chi connectivity index (χ1v) is 4.36. The van der Waals surface area contributed by atoms with Gasteiger partial charge >= 0.3 is 0 Å². The van der Waals surface area contributed by atoms with Crippen LogP contribution in [0.25, 0.3) is 0 Å². The highest BCUT2D eigenvalue weighted by Gasteiger charge is 2.07.